The second kappa shape index (κ2) is 3.81. The molecule has 1 aromatic carbocycles. The highest BCUT2D eigenvalue weighted by atomic mass is 16.5. The van der Waals surface area contributed by atoms with E-state index in [1.165, 1.54) is 13.3 Å². The van der Waals surface area contributed by atoms with Crippen molar-refractivity contribution in [3.8, 4) is 5.75 Å². The van der Waals surface area contributed by atoms with Gasteiger partial charge in [0, 0.05) is 11.6 Å². The van der Waals surface area contributed by atoms with Crippen LogP contribution in [0.1, 0.15) is 15.9 Å². The molecule has 0 aliphatic rings. The third-order valence-corrected chi connectivity index (χ3v) is 2.41. The third-order valence-electron chi connectivity index (χ3n) is 2.41. The molecule has 0 amide bonds. The van der Waals surface area contributed by atoms with Gasteiger partial charge in [-0.15, -0.1) is 0 Å². The Hall–Kier alpha value is -2.10. The molecule has 0 saturated carbocycles. The molecule has 2 aromatic rings. The van der Waals surface area contributed by atoms with Crippen LogP contribution in [-0.4, -0.2) is 23.2 Å². The van der Waals surface area contributed by atoms with Gasteiger partial charge in [0.1, 0.15) is 11.3 Å². The van der Waals surface area contributed by atoms with E-state index < -0.39 is 5.97 Å². The van der Waals surface area contributed by atoms with Gasteiger partial charge in [0.25, 0.3) is 0 Å². The highest BCUT2D eigenvalue weighted by molar-refractivity contribution is 5.98. The van der Waals surface area contributed by atoms with E-state index in [1.807, 2.05) is 25.1 Å². The first-order chi connectivity index (χ1) is 7.63. The molecule has 1 N–H and O–H groups in total. The zero-order valence-electron chi connectivity index (χ0n) is 9.02. The van der Waals surface area contributed by atoms with Crippen molar-refractivity contribution >= 4 is 16.9 Å². The molecule has 0 radical (unpaired) electrons. The molecule has 0 fully saturated rings. The number of methoxy groups -OCH3 is 1. The topological polar surface area (TPSA) is 59.4 Å². The summed E-state index contributed by atoms with van der Waals surface area (Å²) in [6.07, 6.45) is 1.32. The highest BCUT2D eigenvalue weighted by Crippen LogP contribution is 2.28. The monoisotopic (exact) mass is 217 g/mol. The minimum atomic E-state index is -1.03. The van der Waals surface area contributed by atoms with E-state index >= 15 is 0 Å². The molecular weight excluding hydrogens is 206 g/mol. The molecule has 1 aromatic heterocycles. The molecule has 0 bridgehead atoms. The van der Waals surface area contributed by atoms with E-state index in [-0.39, 0.29) is 5.56 Å². The van der Waals surface area contributed by atoms with Gasteiger partial charge in [-0.2, -0.15) is 0 Å². The zero-order chi connectivity index (χ0) is 11.7. The number of carbonyl (C=O) groups is 1. The molecule has 0 spiro atoms. The molecule has 16 heavy (non-hydrogen) atoms. The number of hydrogen-bond donors (Lipinski definition) is 1. The quantitative estimate of drug-likeness (QED) is 0.838. The van der Waals surface area contributed by atoms with Gasteiger partial charge in [-0.05, 0) is 19.1 Å². The third kappa shape index (κ3) is 1.58. The summed E-state index contributed by atoms with van der Waals surface area (Å²) in [6.45, 7) is 1.94. The number of nitrogens with zero attached hydrogens (tertiary/aromatic N) is 1. The minimum absolute atomic E-state index is 0.0839. The van der Waals surface area contributed by atoms with Crippen LogP contribution in [0.25, 0.3) is 10.9 Å². The van der Waals surface area contributed by atoms with Gasteiger partial charge in [-0.3, -0.25) is 4.98 Å². The van der Waals surface area contributed by atoms with Gasteiger partial charge in [0.05, 0.1) is 12.6 Å². The first-order valence-electron chi connectivity index (χ1n) is 4.80. The molecule has 4 nitrogen and oxygen atoms in total. The van der Waals surface area contributed by atoms with Crippen molar-refractivity contribution in [1.29, 1.82) is 0 Å². The lowest BCUT2D eigenvalue weighted by Gasteiger charge is -2.08. The van der Waals surface area contributed by atoms with Crippen LogP contribution >= 0.6 is 0 Å². The zero-order valence-corrected chi connectivity index (χ0v) is 9.02. The van der Waals surface area contributed by atoms with Crippen molar-refractivity contribution in [2.75, 3.05) is 7.11 Å². The Morgan fingerprint density at radius 3 is 2.81 bits per heavy atom. The largest absolute Gasteiger partial charge is 0.495 e. The number of ether oxygens (including phenoxy) is 1. The molecular formula is C12H11NO3. The van der Waals surface area contributed by atoms with Crippen LogP contribution in [0.5, 0.6) is 5.75 Å². The molecule has 4 heteroatoms. The maximum absolute atomic E-state index is 11.0. The van der Waals surface area contributed by atoms with Gasteiger partial charge in [0.2, 0.25) is 0 Å². The smallest absolute Gasteiger partial charge is 0.341 e. The Bertz CT molecular complexity index is 563. The van der Waals surface area contributed by atoms with E-state index in [2.05, 4.69) is 4.98 Å². The summed E-state index contributed by atoms with van der Waals surface area (Å²) < 4.78 is 5.15. The number of rotatable bonds is 2. The number of aryl methyl sites for hydroxylation is 1. The number of aromatic carboxylic acids is 1. The Balaban J connectivity index is 2.83. The molecule has 0 saturated heterocycles. The number of fused-ring (bicyclic) bond motifs is 1. The summed E-state index contributed by atoms with van der Waals surface area (Å²) >= 11 is 0. The first-order valence-corrected chi connectivity index (χ1v) is 4.80. The highest BCUT2D eigenvalue weighted by Gasteiger charge is 2.14. The molecule has 1 heterocycles. The first kappa shape index (κ1) is 10.4. The van der Waals surface area contributed by atoms with Crippen molar-refractivity contribution in [1.82, 2.24) is 4.98 Å². The van der Waals surface area contributed by atoms with Crippen molar-refractivity contribution in [2.45, 2.75) is 6.92 Å². The lowest BCUT2D eigenvalue weighted by Crippen LogP contribution is -2.02. The van der Waals surface area contributed by atoms with Crippen LogP contribution in [-0.2, 0) is 0 Å². The standard InChI is InChI=1S/C12H11NO3/c1-7-3-4-10-8(5-7)11(16-2)9(6-13-10)12(14)15/h3-6H,1-2H3,(H,14,15). The van der Waals surface area contributed by atoms with Crippen molar-refractivity contribution in [3.05, 3.63) is 35.5 Å². The summed E-state index contributed by atoms with van der Waals surface area (Å²) in [4.78, 5) is 15.1. The lowest BCUT2D eigenvalue weighted by molar-refractivity contribution is 0.0693. The number of carboxylic acids is 1. The van der Waals surface area contributed by atoms with Crippen molar-refractivity contribution < 1.29 is 14.6 Å². The SMILES string of the molecule is COc1c(C(=O)O)cnc2ccc(C)cc12. The summed E-state index contributed by atoms with van der Waals surface area (Å²) in [6, 6.07) is 5.64. The van der Waals surface area contributed by atoms with Crippen LogP contribution in [0.2, 0.25) is 0 Å². The maximum atomic E-state index is 11.0. The summed E-state index contributed by atoms with van der Waals surface area (Å²) in [5.41, 5.74) is 1.85. The van der Waals surface area contributed by atoms with Crippen molar-refractivity contribution in [2.24, 2.45) is 0 Å². The van der Waals surface area contributed by atoms with Crippen LogP contribution in [0.3, 0.4) is 0 Å². The normalized spacial score (nSPS) is 10.4. The lowest BCUT2D eigenvalue weighted by atomic mass is 10.1. The number of pyridine rings is 1. The van der Waals surface area contributed by atoms with Gasteiger partial charge < -0.3 is 9.84 Å². The molecule has 0 atom stereocenters. The second-order valence-electron chi connectivity index (χ2n) is 3.53. The van der Waals surface area contributed by atoms with E-state index in [1.54, 1.807) is 0 Å². The van der Waals surface area contributed by atoms with E-state index in [0.717, 1.165) is 16.5 Å². The van der Waals surface area contributed by atoms with Gasteiger partial charge >= 0.3 is 5.97 Å². The van der Waals surface area contributed by atoms with E-state index in [4.69, 9.17) is 9.84 Å². The number of hydrogen-bond acceptors (Lipinski definition) is 3. The van der Waals surface area contributed by atoms with Crippen LogP contribution in [0.4, 0.5) is 0 Å². The molecule has 0 unspecified atom stereocenters. The summed E-state index contributed by atoms with van der Waals surface area (Å²) in [5, 5.41) is 9.73. The fourth-order valence-electron chi connectivity index (χ4n) is 1.65. The minimum Gasteiger partial charge on any atom is -0.495 e. The van der Waals surface area contributed by atoms with Crippen molar-refractivity contribution in [3.63, 3.8) is 0 Å². The predicted octanol–water partition coefficient (Wildman–Crippen LogP) is 2.25. The summed E-state index contributed by atoms with van der Waals surface area (Å²) in [7, 11) is 1.46. The van der Waals surface area contributed by atoms with E-state index in [0.29, 0.717) is 5.75 Å². The Morgan fingerprint density at radius 1 is 1.44 bits per heavy atom. The predicted molar refractivity (Wildman–Crippen MR) is 60.0 cm³/mol. The molecule has 0 aliphatic carbocycles. The van der Waals surface area contributed by atoms with Crippen LogP contribution in [0.15, 0.2) is 24.4 Å². The fourth-order valence-corrected chi connectivity index (χ4v) is 1.65. The van der Waals surface area contributed by atoms with Crippen LogP contribution < -0.4 is 4.74 Å². The Morgan fingerprint density at radius 2 is 2.19 bits per heavy atom. The fraction of sp³-hybridized carbons (Fsp3) is 0.167. The number of carboxylic acid groups (broad SMARTS) is 1. The average molecular weight is 217 g/mol. The van der Waals surface area contributed by atoms with Gasteiger partial charge in [-0.1, -0.05) is 11.6 Å². The van der Waals surface area contributed by atoms with E-state index in [9.17, 15) is 4.79 Å². The Kier molecular flexibility index (Phi) is 2.48. The molecule has 0 aliphatic heterocycles. The number of benzene rings is 1. The van der Waals surface area contributed by atoms with Gasteiger partial charge in [0.15, 0.2) is 0 Å². The summed E-state index contributed by atoms with van der Waals surface area (Å²) in [5.74, 6) is -0.672. The molecule has 2 rings (SSSR count). The number of aromatic nitrogens is 1. The van der Waals surface area contributed by atoms with Crippen LogP contribution in [0, 0.1) is 6.92 Å². The van der Waals surface area contributed by atoms with Gasteiger partial charge in [-0.25, -0.2) is 4.79 Å². The molecule has 82 valence electrons. The Labute approximate surface area is 92.5 Å². The average Bonchev–Trinajstić information content (AvgIpc) is 2.27. The second-order valence-corrected chi connectivity index (χ2v) is 3.53. The maximum Gasteiger partial charge on any atom is 0.341 e.